The molecule has 3 rings (SSSR count). The lowest BCUT2D eigenvalue weighted by Crippen LogP contribution is -2.21. The fraction of sp³-hybridized carbons (Fsp3) is 0.261. The zero-order valence-electron chi connectivity index (χ0n) is 15.6. The van der Waals surface area contributed by atoms with Crippen molar-refractivity contribution < 1.29 is 4.79 Å². The Morgan fingerprint density at radius 3 is 2.46 bits per heavy atom. The summed E-state index contributed by atoms with van der Waals surface area (Å²) in [6.07, 6.45) is 0.920. The molecule has 26 heavy (non-hydrogen) atoms. The lowest BCUT2D eigenvalue weighted by molar-refractivity contribution is 0.0960. The lowest BCUT2D eigenvalue weighted by Gasteiger charge is -2.09. The van der Waals surface area contributed by atoms with E-state index in [1.54, 1.807) is 11.3 Å². The van der Waals surface area contributed by atoms with Gasteiger partial charge in [0.1, 0.15) is 0 Å². The molecule has 0 unspecified atom stereocenters. The molecule has 1 heterocycles. The van der Waals surface area contributed by atoms with Crippen molar-refractivity contribution in [3.8, 4) is 10.4 Å². The van der Waals surface area contributed by atoms with E-state index < -0.39 is 0 Å². The van der Waals surface area contributed by atoms with Crippen molar-refractivity contribution in [1.82, 2.24) is 5.32 Å². The molecule has 0 spiro atoms. The molecular formula is C23H25NOS. The highest BCUT2D eigenvalue weighted by atomic mass is 32.1. The first-order chi connectivity index (χ1) is 12.6. The molecule has 2 nitrogen and oxygen atoms in total. The van der Waals surface area contributed by atoms with Gasteiger partial charge < -0.3 is 5.32 Å². The Labute approximate surface area is 159 Å². The van der Waals surface area contributed by atoms with Crippen molar-refractivity contribution >= 4 is 17.2 Å². The molecule has 3 aromatic rings. The number of nitrogens with one attached hydrogen (secondary N) is 1. The lowest BCUT2D eigenvalue weighted by atomic mass is 9.97. The Kier molecular flexibility index (Phi) is 5.89. The molecule has 0 aliphatic heterocycles. The second-order valence-corrected chi connectivity index (χ2v) is 7.88. The largest absolute Gasteiger partial charge is 0.352 e. The van der Waals surface area contributed by atoms with E-state index in [0.29, 0.717) is 12.5 Å². The maximum atomic E-state index is 12.0. The summed E-state index contributed by atoms with van der Waals surface area (Å²) >= 11 is 1.54. The maximum absolute atomic E-state index is 12.0. The van der Waals surface area contributed by atoms with Gasteiger partial charge >= 0.3 is 0 Å². The summed E-state index contributed by atoms with van der Waals surface area (Å²) in [6, 6.07) is 21.4. The molecule has 0 aliphatic carbocycles. The Hall–Kier alpha value is -2.39. The fourth-order valence-electron chi connectivity index (χ4n) is 3.00. The zero-order chi connectivity index (χ0) is 18.5. The molecule has 2 aromatic carbocycles. The third-order valence-corrected chi connectivity index (χ3v) is 5.54. The number of benzene rings is 2. The van der Waals surface area contributed by atoms with Crippen LogP contribution < -0.4 is 5.32 Å². The van der Waals surface area contributed by atoms with E-state index in [9.17, 15) is 4.79 Å². The van der Waals surface area contributed by atoms with Crippen molar-refractivity contribution in [3.05, 3.63) is 82.2 Å². The number of carbonyl (C=O) groups excluding carboxylic acids is 1. The van der Waals surface area contributed by atoms with E-state index in [4.69, 9.17) is 0 Å². The van der Waals surface area contributed by atoms with Crippen LogP contribution in [0.25, 0.3) is 10.4 Å². The van der Waals surface area contributed by atoms with Gasteiger partial charge in [-0.2, -0.15) is 0 Å². The van der Waals surface area contributed by atoms with Gasteiger partial charge in [-0.3, -0.25) is 4.79 Å². The normalized spacial score (nSPS) is 10.9. The van der Waals surface area contributed by atoms with Crippen molar-refractivity contribution in [2.24, 2.45) is 0 Å². The maximum Gasteiger partial charge on any atom is 0.261 e. The van der Waals surface area contributed by atoms with Crippen LogP contribution in [0.15, 0.2) is 60.7 Å². The number of hydrogen-bond donors (Lipinski definition) is 1. The van der Waals surface area contributed by atoms with Crippen molar-refractivity contribution in [3.63, 3.8) is 0 Å². The quantitative estimate of drug-likeness (QED) is 0.582. The average Bonchev–Trinajstić information content (AvgIpc) is 3.13. The molecule has 0 fully saturated rings. The molecule has 1 N–H and O–H groups in total. The topological polar surface area (TPSA) is 29.1 Å². The van der Waals surface area contributed by atoms with Crippen LogP contribution >= 0.6 is 11.3 Å². The molecule has 0 bridgehead atoms. The minimum Gasteiger partial charge on any atom is -0.352 e. The molecule has 0 saturated heterocycles. The number of rotatable bonds is 6. The van der Waals surface area contributed by atoms with E-state index in [2.05, 4.69) is 67.7 Å². The van der Waals surface area contributed by atoms with E-state index in [-0.39, 0.29) is 5.91 Å². The average molecular weight is 364 g/mol. The van der Waals surface area contributed by atoms with Crippen LogP contribution in [0.5, 0.6) is 0 Å². The first kappa shape index (κ1) is 18.4. The standard InChI is InChI=1S/C23H25NOS/c1-4-24-23(25)22-12-11-21(26-22)20-10-6-8-18(15-20)13-17-7-5-9-19(14-17)16(2)3/h5-12,14-16H,4,13H2,1-3H3,(H,24,25). The van der Waals surface area contributed by atoms with Gasteiger partial charge in [0.2, 0.25) is 0 Å². The first-order valence-electron chi connectivity index (χ1n) is 9.13. The van der Waals surface area contributed by atoms with Crippen molar-refractivity contribution in [1.29, 1.82) is 0 Å². The van der Waals surface area contributed by atoms with Gasteiger partial charge in [-0.15, -0.1) is 11.3 Å². The van der Waals surface area contributed by atoms with Gasteiger partial charge in [0.05, 0.1) is 4.88 Å². The Balaban J connectivity index is 1.80. The summed E-state index contributed by atoms with van der Waals surface area (Å²) in [5.74, 6) is 0.547. The summed E-state index contributed by atoms with van der Waals surface area (Å²) < 4.78 is 0. The minimum absolute atomic E-state index is 0.00500. The predicted molar refractivity (Wildman–Crippen MR) is 111 cm³/mol. The smallest absolute Gasteiger partial charge is 0.261 e. The highest BCUT2D eigenvalue weighted by molar-refractivity contribution is 7.17. The molecule has 0 atom stereocenters. The predicted octanol–water partition coefficient (Wildman–Crippen LogP) is 5.88. The van der Waals surface area contributed by atoms with E-state index in [1.807, 2.05) is 19.1 Å². The molecule has 0 aliphatic rings. The number of carbonyl (C=O) groups is 1. The minimum atomic E-state index is 0.00500. The summed E-state index contributed by atoms with van der Waals surface area (Å²) in [6.45, 7) is 7.03. The summed E-state index contributed by atoms with van der Waals surface area (Å²) in [5, 5.41) is 2.86. The molecule has 0 saturated carbocycles. The van der Waals surface area contributed by atoms with Gasteiger partial charge in [0.25, 0.3) is 5.91 Å². The molecule has 0 radical (unpaired) electrons. The van der Waals surface area contributed by atoms with Gasteiger partial charge in [-0.05, 0) is 53.6 Å². The Bertz CT molecular complexity index is 894. The van der Waals surface area contributed by atoms with Crippen LogP contribution in [0, 0.1) is 0 Å². The van der Waals surface area contributed by atoms with Crippen LogP contribution in [0.3, 0.4) is 0 Å². The monoisotopic (exact) mass is 363 g/mol. The van der Waals surface area contributed by atoms with Crippen molar-refractivity contribution in [2.45, 2.75) is 33.1 Å². The summed E-state index contributed by atoms with van der Waals surface area (Å²) in [5.41, 5.74) is 5.17. The Morgan fingerprint density at radius 1 is 1.00 bits per heavy atom. The van der Waals surface area contributed by atoms with Crippen molar-refractivity contribution in [2.75, 3.05) is 6.54 Å². The van der Waals surface area contributed by atoms with Crippen LogP contribution in [-0.4, -0.2) is 12.5 Å². The van der Waals surface area contributed by atoms with Crippen LogP contribution in [0.4, 0.5) is 0 Å². The molecule has 1 aromatic heterocycles. The van der Waals surface area contributed by atoms with Gasteiger partial charge in [-0.25, -0.2) is 0 Å². The molecule has 134 valence electrons. The Morgan fingerprint density at radius 2 is 1.73 bits per heavy atom. The third-order valence-electron chi connectivity index (χ3n) is 4.40. The SMILES string of the molecule is CCNC(=O)c1ccc(-c2cccc(Cc3cccc(C(C)C)c3)c2)s1. The van der Waals surface area contributed by atoms with Crippen LogP contribution in [0.2, 0.25) is 0 Å². The summed E-state index contributed by atoms with van der Waals surface area (Å²) in [7, 11) is 0. The fourth-order valence-corrected chi connectivity index (χ4v) is 3.91. The number of hydrogen-bond acceptors (Lipinski definition) is 2. The second-order valence-electron chi connectivity index (χ2n) is 6.80. The van der Waals surface area contributed by atoms with E-state index in [0.717, 1.165) is 16.2 Å². The van der Waals surface area contributed by atoms with Crippen LogP contribution in [0.1, 0.15) is 53.1 Å². The first-order valence-corrected chi connectivity index (χ1v) is 9.94. The van der Waals surface area contributed by atoms with Gasteiger partial charge in [-0.1, -0.05) is 62.4 Å². The highest BCUT2D eigenvalue weighted by Gasteiger charge is 2.10. The number of thiophene rings is 1. The molecular weight excluding hydrogens is 338 g/mol. The third kappa shape index (κ3) is 4.41. The molecule has 3 heteroatoms. The number of amides is 1. The van der Waals surface area contributed by atoms with Gasteiger partial charge in [0, 0.05) is 11.4 Å². The highest BCUT2D eigenvalue weighted by Crippen LogP contribution is 2.29. The van der Waals surface area contributed by atoms with Crippen LogP contribution in [-0.2, 0) is 6.42 Å². The molecule has 1 amide bonds. The van der Waals surface area contributed by atoms with Gasteiger partial charge in [0.15, 0.2) is 0 Å². The van der Waals surface area contributed by atoms with E-state index in [1.165, 1.54) is 22.3 Å². The zero-order valence-corrected chi connectivity index (χ0v) is 16.4. The van der Waals surface area contributed by atoms with E-state index >= 15 is 0 Å². The summed E-state index contributed by atoms with van der Waals surface area (Å²) in [4.78, 5) is 13.9. The second kappa shape index (κ2) is 8.33.